The van der Waals surface area contributed by atoms with E-state index < -0.39 is 17.9 Å². The van der Waals surface area contributed by atoms with Crippen molar-refractivity contribution in [2.24, 2.45) is 5.73 Å². The topological polar surface area (TPSA) is 121 Å². The van der Waals surface area contributed by atoms with E-state index in [9.17, 15) is 9.59 Å². The summed E-state index contributed by atoms with van der Waals surface area (Å²) in [6.07, 6.45) is 1.45. The maximum Gasteiger partial charge on any atom is 0.340 e. The monoisotopic (exact) mass is 294 g/mol. The van der Waals surface area contributed by atoms with E-state index in [-0.39, 0.29) is 24.5 Å². The Labute approximate surface area is 122 Å². The zero-order chi connectivity index (χ0) is 15.4. The summed E-state index contributed by atoms with van der Waals surface area (Å²) in [4.78, 5) is 29.2. The van der Waals surface area contributed by atoms with Crippen LogP contribution in [0.5, 0.6) is 0 Å². The van der Waals surface area contributed by atoms with Gasteiger partial charge in [-0.2, -0.15) is 0 Å². The highest BCUT2D eigenvalue weighted by molar-refractivity contribution is 5.98. The molecular weight excluding hydrogens is 276 g/mol. The van der Waals surface area contributed by atoms with Crippen molar-refractivity contribution < 1.29 is 19.1 Å². The minimum atomic E-state index is -0.661. The first-order chi connectivity index (χ1) is 10.1. The minimum Gasteiger partial charge on any atom is -0.462 e. The molecule has 1 aromatic rings. The molecule has 8 nitrogen and oxygen atoms in total. The highest BCUT2D eigenvalue weighted by Gasteiger charge is 2.31. The number of carbonyl (C=O) groups excluding carboxylic acids is 2. The second kappa shape index (κ2) is 6.40. The minimum absolute atomic E-state index is 0.167. The lowest BCUT2D eigenvalue weighted by atomic mass is 10.1. The molecule has 0 saturated carbocycles. The maximum absolute atomic E-state index is 11.9. The van der Waals surface area contributed by atoms with Gasteiger partial charge in [0.2, 0.25) is 5.91 Å². The second-order valence-corrected chi connectivity index (χ2v) is 4.50. The normalized spacial score (nSPS) is 18.3. The van der Waals surface area contributed by atoms with Gasteiger partial charge >= 0.3 is 5.97 Å². The van der Waals surface area contributed by atoms with E-state index in [0.29, 0.717) is 19.0 Å². The lowest BCUT2D eigenvalue weighted by Crippen LogP contribution is -2.53. The quantitative estimate of drug-likeness (QED) is 0.720. The van der Waals surface area contributed by atoms with Crippen molar-refractivity contribution in [3.8, 4) is 0 Å². The summed E-state index contributed by atoms with van der Waals surface area (Å²) < 4.78 is 10.2. The third kappa shape index (κ3) is 3.05. The van der Waals surface area contributed by atoms with Gasteiger partial charge in [-0.3, -0.25) is 4.79 Å². The molecule has 1 atom stereocenters. The highest BCUT2D eigenvalue weighted by atomic mass is 16.5. The number of anilines is 2. The number of nitrogens with two attached hydrogens (primary N) is 2. The summed E-state index contributed by atoms with van der Waals surface area (Å²) >= 11 is 0. The van der Waals surface area contributed by atoms with Crippen LogP contribution in [-0.4, -0.2) is 49.3 Å². The van der Waals surface area contributed by atoms with Gasteiger partial charge < -0.3 is 25.8 Å². The van der Waals surface area contributed by atoms with Crippen LogP contribution < -0.4 is 16.4 Å². The molecule has 2 heterocycles. The molecule has 1 aliphatic rings. The van der Waals surface area contributed by atoms with Crippen molar-refractivity contribution in [3.05, 3.63) is 17.8 Å². The summed E-state index contributed by atoms with van der Waals surface area (Å²) in [7, 11) is 0. The maximum atomic E-state index is 11.9. The van der Waals surface area contributed by atoms with Gasteiger partial charge in [0.25, 0.3) is 0 Å². The molecule has 0 aromatic carbocycles. The first-order valence-corrected chi connectivity index (χ1v) is 6.61. The molecule has 2 rings (SSSR count). The van der Waals surface area contributed by atoms with Crippen LogP contribution in [0.4, 0.5) is 11.5 Å². The fourth-order valence-electron chi connectivity index (χ4n) is 2.17. The number of ether oxygens (including phenoxy) is 2. The third-order valence-electron chi connectivity index (χ3n) is 3.19. The lowest BCUT2D eigenvalue weighted by Gasteiger charge is -2.35. The zero-order valence-electron chi connectivity index (χ0n) is 11.7. The summed E-state index contributed by atoms with van der Waals surface area (Å²) in [5.41, 5.74) is 11.8. The predicted octanol–water partition coefficient (Wildman–Crippen LogP) is -0.469. The molecule has 1 amide bonds. The number of nitrogens with zero attached hydrogens (tertiary/aromatic N) is 2. The number of carbonyl (C=O) groups is 2. The Morgan fingerprint density at radius 2 is 2.33 bits per heavy atom. The Balaban J connectivity index is 2.36. The third-order valence-corrected chi connectivity index (χ3v) is 3.19. The Morgan fingerprint density at radius 1 is 1.57 bits per heavy atom. The molecule has 1 saturated heterocycles. The van der Waals surface area contributed by atoms with Gasteiger partial charge in [0.1, 0.15) is 6.04 Å². The number of amides is 1. The van der Waals surface area contributed by atoms with Gasteiger partial charge in [-0.05, 0) is 13.0 Å². The van der Waals surface area contributed by atoms with Crippen LogP contribution >= 0.6 is 0 Å². The Bertz CT molecular complexity index is 549. The number of pyridine rings is 1. The Hall–Kier alpha value is -2.35. The molecule has 0 aliphatic carbocycles. The van der Waals surface area contributed by atoms with Gasteiger partial charge in [0, 0.05) is 12.7 Å². The largest absolute Gasteiger partial charge is 0.462 e. The van der Waals surface area contributed by atoms with Crippen molar-refractivity contribution in [2.75, 3.05) is 37.0 Å². The van der Waals surface area contributed by atoms with Crippen LogP contribution in [0.25, 0.3) is 0 Å². The van der Waals surface area contributed by atoms with E-state index in [4.69, 9.17) is 20.9 Å². The van der Waals surface area contributed by atoms with Crippen molar-refractivity contribution >= 4 is 23.4 Å². The molecule has 0 radical (unpaired) electrons. The average molecular weight is 294 g/mol. The van der Waals surface area contributed by atoms with Crippen LogP contribution in [0, 0.1) is 0 Å². The number of esters is 1. The standard InChI is InChI=1S/C13H18N4O4/c1-2-21-13(19)8-3-4-16-12(10(8)14)17-5-6-20-7-9(17)11(15)18/h3-4,9H,2,5-7,14H2,1H3,(H2,15,18). The van der Waals surface area contributed by atoms with Gasteiger partial charge in [-0.25, -0.2) is 9.78 Å². The number of primary amides is 1. The number of aromatic nitrogens is 1. The molecule has 8 heteroatoms. The first-order valence-electron chi connectivity index (χ1n) is 6.61. The molecule has 1 aromatic heterocycles. The van der Waals surface area contributed by atoms with Gasteiger partial charge in [-0.1, -0.05) is 0 Å². The fourth-order valence-corrected chi connectivity index (χ4v) is 2.17. The van der Waals surface area contributed by atoms with Crippen molar-refractivity contribution in [2.45, 2.75) is 13.0 Å². The van der Waals surface area contributed by atoms with Crippen LogP contribution in [0.3, 0.4) is 0 Å². The number of hydrogen-bond acceptors (Lipinski definition) is 7. The molecule has 0 spiro atoms. The molecule has 21 heavy (non-hydrogen) atoms. The summed E-state index contributed by atoms with van der Waals surface area (Å²) in [5.74, 6) is -0.715. The Morgan fingerprint density at radius 3 is 3.00 bits per heavy atom. The van der Waals surface area contributed by atoms with Crippen LogP contribution in [0.15, 0.2) is 12.3 Å². The molecule has 4 N–H and O–H groups in total. The predicted molar refractivity (Wildman–Crippen MR) is 75.8 cm³/mol. The van der Waals surface area contributed by atoms with E-state index in [1.54, 1.807) is 11.8 Å². The highest BCUT2D eigenvalue weighted by Crippen LogP contribution is 2.27. The van der Waals surface area contributed by atoms with Gasteiger partial charge in [-0.15, -0.1) is 0 Å². The van der Waals surface area contributed by atoms with Crippen molar-refractivity contribution in [1.29, 1.82) is 0 Å². The average Bonchev–Trinajstić information content (AvgIpc) is 2.47. The van der Waals surface area contributed by atoms with Gasteiger partial charge in [0.15, 0.2) is 5.82 Å². The van der Waals surface area contributed by atoms with E-state index in [0.717, 1.165) is 0 Å². The van der Waals surface area contributed by atoms with E-state index >= 15 is 0 Å². The molecule has 1 unspecified atom stereocenters. The zero-order valence-corrected chi connectivity index (χ0v) is 11.7. The smallest absolute Gasteiger partial charge is 0.340 e. The fraction of sp³-hybridized carbons (Fsp3) is 0.462. The SMILES string of the molecule is CCOC(=O)c1ccnc(N2CCOCC2C(N)=O)c1N. The van der Waals surface area contributed by atoms with E-state index in [1.807, 2.05) is 0 Å². The number of rotatable bonds is 4. The first kappa shape index (κ1) is 15.0. The molecule has 0 bridgehead atoms. The summed E-state index contributed by atoms with van der Waals surface area (Å²) in [5, 5.41) is 0. The lowest BCUT2D eigenvalue weighted by molar-refractivity contribution is -0.121. The molecule has 114 valence electrons. The summed E-state index contributed by atoms with van der Waals surface area (Å²) in [6, 6.07) is 0.822. The van der Waals surface area contributed by atoms with E-state index in [1.165, 1.54) is 12.3 Å². The number of nitrogen functional groups attached to an aromatic ring is 1. The van der Waals surface area contributed by atoms with Crippen molar-refractivity contribution in [3.63, 3.8) is 0 Å². The molecular formula is C13H18N4O4. The van der Waals surface area contributed by atoms with Crippen LogP contribution in [0.2, 0.25) is 0 Å². The molecule has 1 fully saturated rings. The second-order valence-electron chi connectivity index (χ2n) is 4.50. The summed E-state index contributed by atoms with van der Waals surface area (Å²) in [6.45, 7) is 2.96. The van der Waals surface area contributed by atoms with Crippen LogP contribution in [-0.2, 0) is 14.3 Å². The van der Waals surface area contributed by atoms with Crippen molar-refractivity contribution in [1.82, 2.24) is 4.98 Å². The number of morpholine rings is 1. The molecule has 1 aliphatic heterocycles. The Kier molecular flexibility index (Phi) is 4.59. The van der Waals surface area contributed by atoms with Gasteiger partial charge in [0.05, 0.1) is 31.1 Å². The number of hydrogen-bond donors (Lipinski definition) is 2. The van der Waals surface area contributed by atoms with Crippen LogP contribution in [0.1, 0.15) is 17.3 Å². The van der Waals surface area contributed by atoms with E-state index in [2.05, 4.69) is 4.98 Å².